The summed E-state index contributed by atoms with van der Waals surface area (Å²) >= 11 is 1.63. The fraction of sp³-hybridized carbons (Fsp3) is 0.0833. The average Bonchev–Trinajstić information content (AvgIpc) is 3.20. The SMILES string of the molecule is CSc1cccc(NC(=O)Cc2ccc(NC(=O)c3cc4ccccc4o3)cc2)c1. The number of hydrogen-bond acceptors (Lipinski definition) is 4. The van der Waals surface area contributed by atoms with E-state index in [1.165, 1.54) is 0 Å². The summed E-state index contributed by atoms with van der Waals surface area (Å²) in [5, 5.41) is 6.61. The normalized spacial score (nSPS) is 10.7. The molecular formula is C24H20N2O3S. The molecule has 0 unspecified atom stereocenters. The summed E-state index contributed by atoms with van der Waals surface area (Å²) in [6.07, 6.45) is 2.25. The monoisotopic (exact) mass is 416 g/mol. The minimum absolute atomic E-state index is 0.0904. The van der Waals surface area contributed by atoms with Crippen LogP contribution >= 0.6 is 11.8 Å². The van der Waals surface area contributed by atoms with E-state index in [1.807, 2.05) is 66.9 Å². The van der Waals surface area contributed by atoms with E-state index in [1.54, 1.807) is 30.0 Å². The molecule has 0 aliphatic heterocycles. The Labute approximate surface area is 178 Å². The molecule has 5 nitrogen and oxygen atoms in total. The van der Waals surface area contributed by atoms with Crippen LogP contribution in [0.1, 0.15) is 16.1 Å². The largest absolute Gasteiger partial charge is 0.451 e. The Morgan fingerprint density at radius 1 is 0.867 bits per heavy atom. The van der Waals surface area contributed by atoms with Crippen molar-refractivity contribution >= 4 is 45.9 Å². The van der Waals surface area contributed by atoms with E-state index in [0.717, 1.165) is 21.5 Å². The first-order valence-electron chi connectivity index (χ1n) is 9.43. The topological polar surface area (TPSA) is 71.3 Å². The fourth-order valence-electron chi connectivity index (χ4n) is 3.08. The molecule has 0 saturated carbocycles. The van der Waals surface area contributed by atoms with Crippen LogP contribution in [0, 0.1) is 0 Å². The second-order valence-corrected chi connectivity index (χ2v) is 7.64. The first-order valence-corrected chi connectivity index (χ1v) is 10.7. The van der Waals surface area contributed by atoms with Crippen molar-refractivity contribution in [3.8, 4) is 0 Å². The lowest BCUT2D eigenvalue weighted by Crippen LogP contribution is -2.14. The van der Waals surface area contributed by atoms with Gasteiger partial charge in [-0.3, -0.25) is 9.59 Å². The molecule has 6 heteroatoms. The van der Waals surface area contributed by atoms with Crippen molar-refractivity contribution in [1.82, 2.24) is 0 Å². The minimum atomic E-state index is -0.314. The molecule has 2 amide bonds. The number of para-hydroxylation sites is 1. The number of fused-ring (bicyclic) bond motifs is 1. The standard InChI is InChI=1S/C24H20N2O3S/c1-30-20-7-4-6-19(15-20)25-23(27)13-16-9-11-18(12-10-16)26-24(28)22-14-17-5-2-3-8-21(17)29-22/h2-12,14-15H,13H2,1H3,(H,25,27)(H,26,28). The zero-order chi connectivity index (χ0) is 20.9. The molecule has 150 valence electrons. The van der Waals surface area contributed by atoms with Gasteiger partial charge in [-0.1, -0.05) is 36.4 Å². The zero-order valence-electron chi connectivity index (χ0n) is 16.3. The molecule has 2 N–H and O–H groups in total. The Hall–Kier alpha value is -3.51. The number of hydrogen-bond donors (Lipinski definition) is 2. The van der Waals surface area contributed by atoms with Gasteiger partial charge in [0.05, 0.1) is 6.42 Å². The third kappa shape index (κ3) is 4.72. The van der Waals surface area contributed by atoms with Gasteiger partial charge in [-0.2, -0.15) is 0 Å². The van der Waals surface area contributed by atoms with Crippen LogP contribution < -0.4 is 10.6 Å². The molecule has 0 atom stereocenters. The van der Waals surface area contributed by atoms with Crippen LogP contribution in [0.4, 0.5) is 11.4 Å². The molecule has 0 aliphatic rings. The number of rotatable bonds is 6. The first kappa shape index (κ1) is 19.8. The molecule has 1 aromatic heterocycles. The number of carbonyl (C=O) groups excluding carboxylic acids is 2. The van der Waals surface area contributed by atoms with E-state index < -0.39 is 0 Å². The lowest BCUT2D eigenvalue weighted by Gasteiger charge is -2.08. The third-order valence-corrected chi connectivity index (χ3v) is 5.30. The first-order chi connectivity index (χ1) is 14.6. The van der Waals surface area contributed by atoms with E-state index >= 15 is 0 Å². The van der Waals surface area contributed by atoms with Gasteiger partial charge in [0.25, 0.3) is 5.91 Å². The van der Waals surface area contributed by atoms with Crippen molar-refractivity contribution in [3.05, 3.63) is 90.2 Å². The molecule has 3 aromatic carbocycles. The molecule has 1 heterocycles. The highest BCUT2D eigenvalue weighted by molar-refractivity contribution is 7.98. The molecule has 4 rings (SSSR count). The van der Waals surface area contributed by atoms with Gasteiger partial charge >= 0.3 is 0 Å². The highest BCUT2D eigenvalue weighted by Gasteiger charge is 2.12. The summed E-state index contributed by atoms with van der Waals surface area (Å²) in [5.41, 5.74) is 2.95. The van der Waals surface area contributed by atoms with E-state index in [4.69, 9.17) is 4.42 Å². The van der Waals surface area contributed by atoms with Crippen molar-refractivity contribution in [2.24, 2.45) is 0 Å². The van der Waals surface area contributed by atoms with Crippen LogP contribution in [-0.4, -0.2) is 18.1 Å². The van der Waals surface area contributed by atoms with Crippen LogP contribution in [0.5, 0.6) is 0 Å². The summed E-state index contributed by atoms with van der Waals surface area (Å²) in [6, 6.07) is 24.1. The second kappa shape index (κ2) is 8.88. The third-order valence-electron chi connectivity index (χ3n) is 4.58. The number of nitrogens with one attached hydrogen (secondary N) is 2. The highest BCUT2D eigenvalue weighted by atomic mass is 32.2. The number of benzene rings is 3. The van der Waals surface area contributed by atoms with E-state index in [9.17, 15) is 9.59 Å². The summed E-state index contributed by atoms with van der Waals surface area (Å²) in [6.45, 7) is 0. The van der Waals surface area contributed by atoms with Crippen molar-refractivity contribution < 1.29 is 14.0 Å². The summed E-state index contributed by atoms with van der Waals surface area (Å²) in [4.78, 5) is 25.8. The van der Waals surface area contributed by atoms with Gasteiger partial charge in [-0.25, -0.2) is 0 Å². The van der Waals surface area contributed by atoms with Crippen molar-refractivity contribution in [2.75, 3.05) is 16.9 Å². The predicted molar refractivity (Wildman–Crippen MR) is 121 cm³/mol. The van der Waals surface area contributed by atoms with Crippen molar-refractivity contribution in [1.29, 1.82) is 0 Å². The van der Waals surface area contributed by atoms with Crippen LogP contribution in [0.15, 0.2) is 88.2 Å². The van der Waals surface area contributed by atoms with Gasteiger partial charge < -0.3 is 15.1 Å². The number of anilines is 2. The molecule has 0 fully saturated rings. The average molecular weight is 417 g/mol. The number of furan rings is 1. The van der Waals surface area contributed by atoms with Gasteiger partial charge in [-0.15, -0.1) is 11.8 Å². The van der Waals surface area contributed by atoms with Gasteiger partial charge in [0.2, 0.25) is 5.91 Å². The van der Waals surface area contributed by atoms with Crippen molar-refractivity contribution in [3.63, 3.8) is 0 Å². The zero-order valence-corrected chi connectivity index (χ0v) is 17.2. The molecule has 0 saturated heterocycles. The molecule has 0 spiro atoms. The summed E-state index contributed by atoms with van der Waals surface area (Å²) < 4.78 is 5.58. The quantitative estimate of drug-likeness (QED) is 0.402. The van der Waals surface area contributed by atoms with Gasteiger partial charge in [0.1, 0.15) is 5.58 Å². The predicted octanol–water partition coefficient (Wildman–Crippen LogP) is 5.59. The number of thioether (sulfide) groups is 1. The summed E-state index contributed by atoms with van der Waals surface area (Å²) in [5.74, 6) is -0.148. The van der Waals surface area contributed by atoms with E-state index in [0.29, 0.717) is 11.3 Å². The molecular weight excluding hydrogens is 396 g/mol. The fourth-order valence-corrected chi connectivity index (χ4v) is 3.54. The lowest BCUT2D eigenvalue weighted by molar-refractivity contribution is -0.115. The van der Waals surface area contributed by atoms with Gasteiger partial charge in [0, 0.05) is 21.7 Å². The van der Waals surface area contributed by atoms with Crippen molar-refractivity contribution in [2.45, 2.75) is 11.3 Å². The number of carbonyl (C=O) groups is 2. The molecule has 30 heavy (non-hydrogen) atoms. The maximum atomic E-state index is 12.4. The Morgan fingerprint density at radius 3 is 2.43 bits per heavy atom. The van der Waals surface area contributed by atoms with Crippen LogP contribution in [0.25, 0.3) is 11.0 Å². The smallest absolute Gasteiger partial charge is 0.291 e. The molecule has 0 aliphatic carbocycles. The minimum Gasteiger partial charge on any atom is -0.451 e. The van der Waals surface area contributed by atoms with E-state index in [2.05, 4.69) is 10.6 Å². The van der Waals surface area contributed by atoms with Crippen LogP contribution in [0.3, 0.4) is 0 Å². The second-order valence-electron chi connectivity index (χ2n) is 6.76. The Balaban J connectivity index is 1.36. The van der Waals surface area contributed by atoms with Crippen LogP contribution in [-0.2, 0) is 11.2 Å². The van der Waals surface area contributed by atoms with E-state index in [-0.39, 0.29) is 24.0 Å². The maximum absolute atomic E-state index is 12.4. The van der Waals surface area contributed by atoms with Crippen LogP contribution in [0.2, 0.25) is 0 Å². The molecule has 4 aromatic rings. The molecule has 0 bridgehead atoms. The Bertz CT molecular complexity index is 1170. The number of amides is 2. The molecule has 0 radical (unpaired) electrons. The van der Waals surface area contributed by atoms with Gasteiger partial charge in [-0.05, 0) is 54.3 Å². The maximum Gasteiger partial charge on any atom is 0.291 e. The Morgan fingerprint density at radius 2 is 1.67 bits per heavy atom. The summed E-state index contributed by atoms with van der Waals surface area (Å²) in [7, 11) is 0. The van der Waals surface area contributed by atoms with Gasteiger partial charge in [0.15, 0.2) is 5.76 Å². The lowest BCUT2D eigenvalue weighted by atomic mass is 10.1. The highest BCUT2D eigenvalue weighted by Crippen LogP contribution is 2.21. The Kier molecular flexibility index (Phi) is 5.86.